The van der Waals surface area contributed by atoms with Crippen LogP contribution < -0.4 is 0 Å². The van der Waals surface area contributed by atoms with E-state index < -0.39 is 11.7 Å². The Morgan fingerprint density at radius 1 is 0.568 bits per heavy atom. The van der Waals surface area contributed by atoms with Crippen LogP contribution >= 0.6 is 0 Å². The largest absolute Gasteiger partial charge is 0.418 e. The molecule has 0 spiro atoms. The SMILES string of the molecule is N#Cc1ccc(-n2c3ccc(-c4ccccc4)cc3c3cc(-c4ccccc4)ccc32)c(C(F)(F)F)c1. The van der Waals surface area contributed by atoms with Gasteiger partial charge in [0.1, 0.15) is 0 Å². The standard InChI is InChI=1S/C32H19F3N2/c33-32(34,35)28-17-21(20-36)11-14-31(28)37-29-15-12-24(22-7-3-1-4-8-22)18-26(29)27-19-25(13-16-30(27)37)23-9-5-2-6-10-23/h1-19H. The molecule has 0 saturated heterocycles. The molecule has 5 heteroatoms. The summed E-state index contributed by atoms with van der Waals surface area (Å²) < 4.78 is 44.3. The van der Waals surface area contributed by atoms with Gasteiger partial charge >= 0.3 is 6.18 Å². The highest BCUT2D eigenvalue weighted by Crippen LogP contribution is 2.41. The van der Waals surface area contributed by atoms with E-state index in [9.17, 15) is 18.4 Å². The van der Waals surface area contributed by atoms with Gasteiger partial charge in [-0.15, -0.1) is 0 Å². The van der Waals surface area contributed by atoms with E-state index in [0.717, 1.165) is 39.1 Å². The molecule has 1 aromatic heterocycles. The number of nitriles is 1. The molecule has 1 heterocycles. The van der Waals surface area contributed by atoms with Crippen LogP contribution in [-0.2, 0) is 6.18 Å². The summed E-state index contributed by atoms with van der Waals surface area (Å²) in [4.78, 5) is 0. The van der Waals surface area contributed by atoms with Crippen LogP contribution in [0.2, 0.25) is 0 Å². The second kappa shape index (κ2) is 8.69. The number of nitrogens with zero attached hydrogens (tertiary/aromatic N) is 2. The second-order valence-electron chi connectivity index (χ2n) is 8.87. The molecule has 5 aromatic carbocycles. The first-order chi connectivity index (χ1) is 17.9. The second-order valence-corrected chi connectivity index (χ2v) is 8.87. The Bertz CT molecular complexity index is 1710. The molecule has 0 unspecified atom stereocenters. The average Bonchev–Trinajstić information content (AvgIpc) is 3.26. The summed E-state index contributed by atoms with van der Waals surface area (Å²) in [6.45, 7) is 0. The van der Waals surface area contributed by atoms with Gasteiger partial charge in [0.2, 0.25) is 0 Å². The highest BCUT2D eigenvalue weighted by atomic mass is 19.4. The summed E-state index contributed by atoms with van der Waals surface area (Å²) in [6.07, 6.45) is -4.63. The van der Waals surface area contributed by atoms with Crippen molar-refractivity contribution in [2.45, 2.75) is 6.18 Å². The van der Waals surface area contributed by atoms with E-state index in [-0.39, 0.29) is 11.3 Å². The molecule has 0 aliphatic carbocycles. The van der Waals surface area contributed by atoms with Crippen LogP contribution in [0.25, 0.3) is 49.7 Å². The quantitative estimate of drug-likeness (QED) is 0.244. The first-order valence-electron chi connectivity index (χ1n) is 11.7. The van der Waals surface area contributed by atoms with Crippen LogP contribution in [0.3, 0.4) is 0 Å². The zero-order valence-corrected chi connectivity index (χ0v) is 19.5. The van der Waals surface area contributed by atoms with E-state index in [1.54, 1.807) is 4.57 Å². The van der Waals surface area contributed by atoms with E-state index in [1.807, 2.05) is 103 Å². The van der Waals surface area contributed by atoms with Crippen molar-refractivity contribution < 1.29 is 13.2 Å². The van der Waals surface area contributed by atoms with Crippen molar-refractivity contribution in [2.75, 3.05) is 0 Å². The Kier molecular flexibility index (Phi) is 5.31. The van der Waals surface area contributed by atoms with Gasteiger partial charge in [-0.3, -0.25) is 0 Å². The van der Waals surface area contributed by atoms with Crippen molar-refractivity contribution in [3.05, 3.63) is 126 Å². The first kappa shape index (κ1) is 22.6. The topological polar surface area (TPSA) is 28.7 Å². The minimum atomic E-state index is -4.63. The molecule has 0 radical (unpaired) electrons. The molecular formula is C32H19F3N2. The predicted molar refractivity (Wildman–Crippen MR) is 141 cm³/mol. The summed E-state index contributed by atoms with van der Waals surface area (Å²) >= 11 is 0. The minimum Gasteiger partial charge on any atom is -0.309 e. The molecule has 0 bridgehead atoms. The monoisotopic (exact) mass is 488 g/mol. The molecule has 178 valence electrons. The van der Waals surface area contributed by atoms with Gasteiger partial charge in [0.05, 0.1) is 33.9 Å². The molecule has 6 rings (SSSR count). The van der Waals surface area contributed by atoms with Gasteiger partial charge in [0.25, 0.3) is 0 Å². The molecule has 0 amide bonds. The van der Waals surface area contributed by atoms with Gasteiger partial charge in [-0.1, -0.05) is 72.8 Å². The molecular weight excluding hydrogens is 469 g/mol. The number of benzene rings is 5. The van der Waals surface area contributed by atoms with Crippen LogP contribution in [0, 0.1) is 11.3 Å². The zero-order chi connectivity index (χ0) is 25.6. The summed E-state index contributed by atoms with van der Waals surface area (Å²) in [5.74, 6) is 0. The first-order valence-corrected chi connectivity index (χ1v) is 11.7. The lowest BCUT2D eigenvalue weighted by atomic mass is 10.0. The van der Waals surface area contributed by atoms with Gasteiger partial charge < -0.3 is 4.57 Å². The van der Waals surface area contributed by atoms with Crippen LogP contribution in [-0.4, -0.2) is 4.57 Å². The Balaban J connectivity index is 1.70. The molecule has 37 heavy (non-hydrogen) atoms. The van der Waals surface area contributed by atoms with Crippen molar-refractivity contribution in [3.8, 4) is 34.0 Å². The number of alkyl halides is 3. The van der Waals surface area contributed by atoms with Crippen LogP contribution in [0.5, 0.6) is 0 Å². The van der Waals surface area contributed by atoms with Crippen LogP contribution in [0.1, 0.15) is 11.1 Å². The smallest absolute Gasteiger partial charge is 0.309 e. The summed E-state index contributed by atoms with van der Waals surface area (Å²) in [5.41, 5.74) is 4.45. The number of rotatable bonds is 3. The van der Waals surface area contributed by atoms with Crippen molar-refractivity contribution in [2.24, 2.45) is 0 Å². The lowest BCUT2D eigenvalue weighted by Gasteiger charge is -2.16. The maximum Gasteiger partial charge on any atom is 0.418 e. The molecule has 0 N–H and O–H groups in total. The van der Waals surface area contributed by atoms with Crippen molar-refractivity contribution in [3.63, 3.8) is 0 Å². The fourth-order valence-corrected chi connectivity index (χ4v) is 4.93. The van der Waals surface area contributed by atoms with Crippen LogP contribution in [0.4, 0.5) is 13.2 Å². The highest BCUT2D eigenvalue weighted by molar-refractivity contribution is 6.11. The third-order valence-electron chi connectivity index (χ3n) is 6.65. The van der Waals surface area contributed by atoms with E-state index >= 15 is 0 Å². The van der Waals surface area contributed by atoms with E-state index in [2.05, 4.69) is 0 Å². The average molecular weight is 489 g/mol. The minimum absolute atomic E-state index is 0.00794. The van der Waals surface area contributed by atoms with Gasteiger partial charge in [-0.05, 0) is 64.7 Å². The molecule has 6 aromatic rings. The molecule has 0 saturated carbocycles. The van der Waals surface area contributed by atoms with Gasteiger partial charge in [-0.25, -0.2) is 0 Å². The highest BCUT2D eigenvalue weighted by Gasteiger charge is 2.35. The van der Waals surface area contributed by atoms with Crippen molar-refractivity contribution in [1.29, 1.82) is 5.26 Å². The Morgan fingerprint density at radius 2 is 1.08 bits per heavy atom. The van der Waals surface area contributed by atoms with E-state index in [1.165, 1.54) is 12.1 Å². The predicted octanol–water partition coefficient (Wildman–Crippen LogP) is 9.01. The van der Waals surface area contributed by atoms with Gasteiger partial charge in [0, 0.05) is 10.8 Å². The maximum atomic E-state index is 14.2. The molecule has 2 nitrogen and oxygen atoms in total. The van der Waals surface area contributed by atoms with Gasteiger partial charge in [0.15, 0.2) is 0 Å². The lowest BCUT2D eigenvalue weighted by molar-refractivity contribution is -0.137. The van der Waals surface area contributed by atoms with E-state index in [0.29, 0.717) is 11.0 Å². The third-order valence-corrected chi connectivity index (χ3v) is 6.65. The molecule has 0 aliphatic heterocycles. The number of hydrogen-bond acceptors (Lipinski definition) is 1. The third kappa shape index (κ3) is 3.93. The Hall–Kier alpha value is -4.82. The Morgan fingerprint density at radius 3 is 1.54 bits per heavy atom. The normalized spacial score (nSPS) is 11.6. The Labute approximate surface area is 211 Å². The van der Waals surface area contributed by atoms with Gasteiger partial charge in [-0.2, -0.15) is 18.4 Å². The van der Waals surface area contributed by atoms with Crippen molar-refractivity contribution in [1.82, 2.24) is 4.57 Å². The number of fused-ring (bicyclic) bond motifs is 3. The fourth-order valence-electron chi connectivity index (χ4n) is 4.93. The summed E-state index contributed by atoms with van der Waals surface area (Å²) in [5, 5.41) is 11.0. The number of aromatic nitrogens is 1. The summed E-state index contributed by atoms with van der Waals surface area (Å²) in [6, 6.07) is 37.0. The van der Waals surface area contributed by atoms with Crippen molar-refractivity contribution >= 4 is 21.8 Å². The number of halogens is 3. The van der Waals surface area contributed by atoms with E-state index in [4.69, 9.17) is 0 Å². The zero-order valence-electron chi connectivity index (χ0n) is 19.5. The summed E-state index contributed by atoms with van der Waals surface area (Å²) in [7, 11) is 0. The maximum absolute atomic E-state index is 14.2. The lowest BCUT2D eigenvalue weighted by Crippen LogP contribution is -2.11. The number of hydrogen-bond donors (Lipinski definition) is 0. The molecule has 0 fully saturated rings. The molecule has 0 aliphatic rings. The fraction of sp³-hybridized carbons (Fsp3) is 0.0312. The van der Waals surface area contributed by atoms with Crippen LogP contribution in [0.15, 0.2) is 115 Å². The molecule has 0 atom stereocenters.